The Balaban J connectivity index is -0.0000000250. The van der Waals surface area contributed by atoms with E-state index < -0.39 is 23.9 Å². The number of aliphatic carboxylic acids is 4. The van der Waals surface area contributed by atoms with Gasteiger partial charge in [-0.05, 0) is 0 Å². The normalized spacial score (nSPS) is 5.91. The number of hydrogen-bond acceptors (Lipinski definition) is 6. The van der Waals surface area contributed by atoms with E-state index in [1.165, 1.54) is 0 Å². The van der Waals surface area contributed by atoms with Crippen molar-refractivity contribution in [1.82, 2.24) is 0 Å². The molecule has 0 aromatic rings. The Hall–Kier alpha value is -2.28. The number of rotatable bonds is 1. The number of hydrogen-bond donors (Lipinski definition) is 6. The van der Waals surface area contributed by atoms with Gasteiger partial charge in [0.05, 0.1) is 0 Å². The van der Waals surface area contributed by atoms with Gasteiger partial charge < -0.3 is 42.8 Å². The SMILES string of the molecule is CC(=O)O.CC(=O)O.CC(=O)O.CC(=O)O.NCCN.O.O. The third-order valence-corrected chi connectivity index (χ3v) is 0.167. The summed E-state index contributed by atoms with van der Waals surface area (Å²) in [4.78, 5) is 36.0. The highest BCUT2D eigenvalue weighted by molar-refractivity contribution is 5.63. The first-order chi connectivity index (χ1) is 8.84. The molecule has 0 bridgehead atoms. The van der Waals surface area contributed by atoms with Crippen LogP contribution in [0.1, 0.15) is 27.7 Å². The lowest BCUT2D eigenvalue weighted by atomic mass is 10.7. The van der Waals surface area contributed by atoms with Crippen LogP contribution in [0.25, 0.3) is 0 Å². The Morgan fingerprint density at radius 3 is 0.636 bits per heavy atom. The van der Waals surface area contributed by atoms with Crippen molar-refractivity contribution in [2.75, 3.05) is 13.1 Å². The van der Waals surface area contributed by atoms with Crippen LogP contribution in [0.3, 0.4) is 0 Å². The van der Waals surface area contributed by atoms with Gasteiger partial charge in [-0.1, -0.05) is 0 Å². The van der Waals surface area contributed by atoms with E-state index in [9.17, 15) is 0 Å². The van der Waals surface area contributed by atoms with Crippen LogP contribution in [0.5, 0.6) is 0 Å². The maximum absolute atomic E-state index is 9.00. The van der Waals surface area contributed by atoms with E-state index in [1.807, 2.05) is 0 Å². The standard InChI is InChI=1S/C2H8N2.4C2H4O2.2H2O/c3-1-2-4;4*1-2(3)4;;/h1-4H2;4*1H3,(H,3,4);2*1H2. The topological polar surface area (TPSA) is 264 Å². The van der Waals surface area contributed by atoms with E-state index in [2.05, 4.69) is 0 Å². The summed E-state index contributed by atoms with van der Waals surface area (Å²) in [7, 11) is 0. The minimum Gasteiger partial charge on any atom is -0.481 e. The van der Waals surface area contributed by atoms with Gasteiger partial charge in [0.2, 0.25) is 0 Å². The molecule has 0 aromatic heterocycles. The van der Waals surface area contributed by atoms with Crippen LogP contribution in [0.2, 0.25) is 0 Å². The van der Waals surface area contributed by atoms with E-state index in [0.717, 1.165) is 27.7 Å². The molecule has 0 radical (unpaired) electrons. The van der Waals surface area contributed by atoms with Crippen molar-refractivity contribution in [3.05, 3.63) is 0 Å². The molecular weight excluding hydrogens is 308 g/mol. The molecule has 0 amide bonds. The molecule has 0 heterocycles. The van der Waals surface area contributed by atoms with Crippen molar-refractivity contribution < 1.29 is 50.6 Å². The van der Waals surface area contributed by atoms with Crippen molar-refractivity contribution in [2.45, 2.75) is 27.7 Å². The first kappa shape index (κ1) is 42.7. The van der Waals surface area contributed by atoms with E-state index in [4.69, 9.17) is 51.1 Å². The van der Waals surface area contributed by atoms with Crippen molar-refractivity contribution in [3.8, 4) is 0 Å². The zero-order valence-electron chi connectivity index (χ0n) is 13.0. The lowest BCUT2D eigenvalue weighted by molar-refractivity contribution is -0.135. The number of carbonyl (C=O) groups is 4. The quantitative estimate of drug-likeness (QED) is 0.295. The molecular formula is C10H28N2O10. The molecule has 0 aliphatic heterocycles. The van der Waals surface area contributed by atoms with Crippen LogP contribution < -0.4 is 11.5 Å². The summed E-state index contributed by atoms with van der Waals surface area (Å²) in [6, 6.07) is 0. The molecule has 138 valence electrons. The van der Waals surface area contributed by atoms with Gasteiger partial charge in [0.1, 0.15) is 0 Å². The molecule has 0 atom stereocenters. The van der Waals surface area contributed by atoms with Gasteiger partial charge in [0, 0.05) is 40.8 Å². The summed E-state index contributed by atoms with van der Waals surface area (Å²) >= 11 is 0. The Bertz CT molecular complexity index is 192. The smallest absolute Gasteiger partial charge is 0.300 e. The fourth-order valence-electron chi connectivity index (χ4n) is 0. The molecule has 0 spiro atoms. The second-order valence-corrected chi connectivity index (χ2v) is 2.65. The van der Waals surface area contributed by atoms with Gasteiger partial charge in [-0.15, -0.1) is 0 Å². The van der Waals surface area contributed by atoms with E-state index in [-0.39, 0.29) is 11.0 Å². The van der Waals surface area contributed by atoms with Crippen LogP contribution in [0, 0.1) is 0 Å². The Morgan fingerprint density at radius 2 is 0.636 bits per heavy atom. The van der Waals surface area contributed by atoms with E-state index in [1.54, 1.807) is 0 Å². The summed E-state index contributed by atoms with van der Waals surface area (Å²) in [6.45, 7) is 5.53. The molecule has 12 heteroatoms. The van der Waals surface area contributed by atoms with Crippen molar-refractivity contribution in [2.24, 2.45) is 11.5 Å². The largest absolute Gasteiger partial charge is 0.481 e. The first-order valence-corrected chi connectivity index (χ1v) is 5.03. The molecule has 22 heavy (non-hydrogen) atoms. The summed E-state index contributed by atoms with van der Waals surface area (Å²) < 4.78 is 0. The molecule has 0 aliphatic rings. The monoisotopic (exact) mass is 336 g/mol. The van der Waals surface area contributed by atoms with Gasteiger partial charge in [-0.25, -0.2) is 0 Å². The second-order valence-electron chi connectivity index (χ2n) is 2.65. The molecule has 12 N–H and O–H groups in total. The highest BCUT2D eigenvalue weighted by Gasteiger charge is 1.66. The average molecular weight is 336 g/mol. The number of nitrogens with two attached hydrogens (primary N) is 2. The molecule has 0 saturated carbocycles. The number of carboxylic acid groups (broad SMARTS) is 4. The van der Waals surface area contributed by atoms with Crippen LogP contribution in [0.15, 0.2) is 0 Å². The van der Waals surface area contributed by atoms with Crippen LogP contribution in [0.4, 0.5) is 0 Å². The highest BCUT2D eigenvalue weighted by Crippen LogP contribution is 1.43. The maximum Gasteiger partial charge on any atom is 0.300 e. The highest BCUT2D eigenvalue weighted by atomic mass is 16.4. The molecule has 0 aliphatic carbocycles. The average Bonchev–Trinajstić information content (AvgIpc) is 2.13. The zero-order valence-corrected chi connectivity index (χ0v) is 13.0. The molecule has 0 fully saturated rings. The lowest BCUT2D eigenvalue weighted by Gasteiger charge is -1.72. The van der Waals surface area contributed by atoms with Gasteiger partial charge >= 0.3 is 0 Å². The van der Waals surface area contributed by atoms with Crippen LogP contribution in [-0.2, 0) is 19.2 Å². The maximum atomic E-state index is 9.00. The number of carboxylic acids is 4. The summed E-state index contributed by atoms with van der Waals surface area (Å²) in [5.41, 5.74) is 9.81. The van der Waals surface area contributed by atoms with Crippen molar-refractivity contribution >= 4 is 23.9 Å². The molecule has 0 saturated heterocycles. The second kappa shape index (κ2) is 42.8. The third kappa shape index (κ3) is 3020. The zero-order chi connectivity index (χ0) is 17.7. The Kier molecular flexibility index (Phi) is 83.1. The minimum absolute atomic E-state index is 0. The van der Waals surface area contributed by atoms with Gasteiger partial charge in [-0.2, -0.15) is 0 Å². The Morgan fingerprint density at radius 1 is 0.591 bits per heavy atom. The predicted molar refractivity (Wildman–Crippen MR) is 78.6 cm³/mol. The summed E-state index contributed by atoms with van der Waals surface area (Å²) in [5.74, 6) is -3.33. The molecule has 0 rings (SSSR count). The summed E-state index contributed by atoms with van der Waals surface area (Å²) in [5, 5.41) is 29.7. The van der Waals surface area contributed by atoms with Crippen LogP contribution in [-0.4, -0.2) is 68.3 Å². The van der Waals surface area contributed by atoms with E-state index in [0.29, 0.717) is 13.1 Å². The fourth-order valence-corrected chi connectivity index (χ4v) is 0. The van der Waals surface area contributed by atoms with Gasteiger partial charge in [-0.3, -0.25) is 19.2 Å². The van der Waals surface area contributed by atoms with E-state index >= 15 is 0 Å². The lowest BCUT2D eigenvalue weighted by Crippen LogP contribution is -2.11. The Labute approximate surface area is 128 Å². The van der Waals surface area contributed by atoms with Gasteiger partial charge in [0.25, 0.3) is 23.9 Å². The molecule has 0 aromatic carbocycles. The minimum atomic E-state index is -0.833. The predicted octanol–water partition coefficient (Wildman–Crippen LogP) is -2.38. The fraction of sp³-hybridized carbons (Fsp3) is 0.600. The molecule has 12 nitrogen and oxygen atoms in total. The van der Waals surface area contributed by atoms with Crippen molar-refractivity contribution in [3.63, 3.8) is 0 Å². The first-order valence-electron chi connectivity index (χ1n) is 5.03. The third-order valence-electron chi connectivity index (χ3n) is 0.167. The van der Waals surface area contributed by atoms with Crippen LogP contribution >= 0.6 is 0 Å². The van der Waals surface area contributed by atoms with Gasteiger partial charge in [0.15, 0.2) is 0 Å². The molecule has 0 unspecified atom stereocenters. The van der Waals surface area contributed by atoms with Crippen molar-refractivity contribution in [1.29, 1.82) is 0 Å². The summed E-state index contributed by atoms with van der Waals surface area (Å²) in [6.07, 6.45) is 0.